The van der Waals surface area contributed by atoms with Crippen molar-refractivity contribution >= 4 is 0 Å². The fraction of sp³-hybridized carbons (Fsp3) is 0.615. The lowest BCUT2D eigenvalue weighted by molar-refractivity contribution is 0.284. The van der Waals surface area contributed by atoms with Crippen molar-refractivity contribution in [3.05, 3.63) is 29.6 Å². The zero-order valence-corrected chi connectivity index (χ0v) is 10.5. The van der Waals surface area contributed by atoms with Crippen LogP contribution in [0.1, 0.15) is 35.8 Å². The van der Waals surface area contributed by atoms with E-state index in [1.54, 1.807) is 0 Å². The predicted molar refractivity (Wildman–Crippen MR) is 66.4 cm³/mol. The highest BCUT2D eigenvalue weighted by Crippen LogP contribution is 2.34. The molecule has 16 heavy (non-hydrogen) atoms. The second-order valence-electron chi connectivity index (χ2n) is 4.65. The van der Waals surface area contributed by atoms with Gasteiger partial charge in [0.2, 0.25) is 0 Å². The van der Waals surface area contributed by atoms with Gasteiger partial charge in [0.25, 0.3) is 0 Å². The number of aryl methyl sites for hydroxylation is 2. The van der Waals surface area contributed by atoms with E-state index in [-0.39, 0.29) is 0 Å². The minimum atomic E-state index is 0.548. The van der Waals surface area contributed by atoms with Crippen LogP contribution in [0.2, 0.25) is 0 Å². The van der Waals surface area contributed by atoms with Crippen LogP contribution in [-0.2, 0) is 7.05 Å². The van der Waals surface area contributed by atoms with E-state index in [9.17, 15) is 0 Å². The Morgan fingerprint density at radius 3 is 2.81 bits per heavy atom. The number of rotatable bonds is 3. The molecular formula is C13H21N3. The average molecular weight is 219 g/mol. The van der Waals surface area contributed by atoms with Gasteiger partial charge in [0.1, 0.15) is 0 Å². The number of aromatic nitrogens is 2. The molecule has 0 radical (unpaired) electrons. The molecule has 0 bridgehead atoms. The molecule has 0 N–H and O–H groups in total. The Balaban J connectivity index is 2.32. The lowest BCUT2D eigenvalue weighted by Gasteiger charge is -2.23. The van der Waals surface area contributed by atoms with Gasteiger partial charge in [-0.3, -0.25) is 9.58 Å². The first-order chi connectivity index (χ1) is 7.65. The van der Waals surface area contributed by atoms with Gasteiger partial charge in [-0.05, 0) is 33.2 Å². The molecule has 0 saturated carbocycles. The summed E-state index contributed by atoms with van der Waals surface area (Å²) in [5.74, 6) is 0. The summed E-state index contributed by atoms with van der Waals surface area (Å²) in [6.07, 6.45) is 4.53. The molecule has 1 fully saturated rings. The number of hydrogen-bond donors (Lipinski definition) is 0. The van der Waals surface area contributed by atoms with Crippen molar-refractivity contribution in [2.75, 3.05) is 13.1 Å². The maximum Gasteiger partial charge on any atom is 0.0644 e. The fourth-order valence-electron chi connectivity index (χ4n) is 2.81. The second kappa shape index (κ2) is 4.42. The zero-order chi connectivity index (χ0) is 11.7. The van der Waals surface area contributed by atoms with E-state index in [1.165, 1.54) is 36.3 Å². The third-order valence-corrected chi connectivity index (χ3v) is 3.63. The van der Waals surface area contributed by atoms with Crippen molar-refractivity contribution in [2.24, 2.45) is 7.05 Å². The zero-order valence-electron chi connectivity index (χ0n) is 10.5. The molecule has 88 valence electrons. The highest BCUT2D eigenvalue weighted by atomic mass is 15.3. The number of hydrogen-bond acceptors (Lipinski definition) is 2. The van der Waals surface area contributed by atoms with Gasteiger partial charge in [0.15, 0.2) is 0 Å². The fourth-order valence-corrected chi connectivity index (χ4v) is 2.81. The van der Waals surface area contributed by atoms with Crippen molar-refractivity contribution in [3.8, 4) is 0 Å². The standard InChI is InChI=1S/C13H21N3/c1-5-8-16-9-6-7-12(16)13-10(2)14-15(4)11(13)3/h5,12H,1,6-9H2,2-4H3/t12-/m0/s1. The predicted octanol–water partition coefficient (Wildman–Crippen LogP) is 2.36. The Labute approximate surface area is 97.8 Å². The molecule has 0 spiro atoms. The van der Waals surface area contributed by atoms with Crippen LogP contribution in [0, 0.1) is 13.8 Å². The summed E-state index contributed by atoms with van der Waals surface area (Å²) in [6, 6.07) is 0.548. The molecule has 1 aromatic heterocycles. The van der Waals surface area contributed by atoms with Gasteiger partial charge < -0.3 is 0 Å². The highest BCUT2D eigenvalue weighted by molar-refractivity contribution is 5.29. The van der Waals surface area contributed by atoms with Crippen LogP contribution >= 0.6 is 0 Å². The van der Waals surface area contributed by atoms with Gasteiger partial charge in [-0.25, -0.2) is 0 Å². The Bertz CT molecular complexity index is 392. The molecule has 1 atom stereocenters. The number of likely N-dealkylation sites (tertiary alicyclic amines) is 1. The summed E-state index contributed by atoms with van der Waals surface area (Å²) < 4.78 is 2.00. The Kier molecular flexibility index (Phi) is 3.15. The molecule has 1 aliphatic heterocycles. The van der Waals surface area contributed by atoms with E-state index in [4.69, 9.17) is 0 Å². The third-order valence-electron chi connectivity index (χ3n) is 3.63. The van der Waals surface area contributed by atoms with E-state index in [2.05, 4.69) is 30.4 Å². The van der Waals surface area contributed by atoms with Crippen LogP contribution in [0.5, 0.6) is 0 Å². The summed E-state index contributed by atoms with van der Waals surface area (Å²) in [5, 5.41) is 4.51. The van der Waals surface area contributed by atoms with Crippen LogP contribution in [0.15, 0.2) is 12.7 Å². The SMILES string of the molecule is C=CCN1CCC[C@H]1c1c(C)nn(C)c1C. The Morgan fingerprint density at radius 2 is 2.25 bits per heavy atom. The van der Waals surface area contributed by atoms with E-state index in [0.717, 1.165) is 6.54 Å². The second-order valence-corrected chi connectivity index (χ2v) is 4.65. The van der Waals surface area contributed by atoms with Gasteiger partial charge in [-0.15, -0.1) is 6.58 Å². The molecule has 0 amide bonds. The van der Waals surface area contributed by atoms with E-state index < -0.39 is 0 Å². The average Bonchev–Trinajstić information content (AvgIpc) is 2.75. The third kappa shape index (κ3) is 1.80. The molecule has 3 heteroatoms. The van der Waals surface area contributed by atoms with Crippen molar-refractivity contribution < 1.29 is 0 Å². The molecule has 1 aliphatic rings. The van der Waals surface area contributed by atoms with Crippen molar-refractivity contribution in [2.45, 2.75) is 32.7 Å². The first-order valence-electron chi connectivity index (χ1n) is 6.00. The quantitative estimate of drug-likeness (QED) is 0.728. The van der Waals surface area contributed by atoms with Gasteiger partial charge >= 0.3 is 0 Å². The minimum absolute atomic E-state index is 0.548. The maximum atomic E-state index is 4.51. The van der Waals surface area contributed by atoms with E-state index in [1.807, 2.05) is 17.8 Å². The molecule has 3 nitrogen and oxygen atoms in total. The molecular weight excluding hydrogens is 198 g/mol. The Hall–Kier alpha value is -1.09. The summed E-state index contributed by atoms with van der Waals surface area (Å²) in [5.41, 5.74) is 3.92. The maximum absolute atomic E-state index is 4.51. The van der Waals surface area contributed by atoms with Gasteiger partial charge in [-0.2, -0.15) is 5.10 Å². The van der Waals surface area contributed by atoms with Crippen LogP contribution in [-0.4, -0.2) is 27.8 Å². The summed E-state index contributed by atoms with van der Waals surface area (Å²) >= 11 is 0. The molecule has 0 aliphatic carbocycles. The smallest absolute Gasteiger partial charge is 0.0644 e. The van der Waals surface area contributed by atoms with Crippen molar-refractivity contribution in [1.82, 2.24) is 14.7 Å². The van der Waals surface area contributed by atoms with Gasteiger partial charge in [0.05, 0.1) is 5.69 Å². The molecule has 0 aromatic carbocycles. The lowest BCUT2D eigenvalue weighted by atomic mass is 10.0. The summed E-state index contributed by atoms with van der Waals surface area (Å²) in [6.45, 7) is 10.3. The first kappa shape index (κ1) is 11.4. The topological polar surface area (TPSA) is 21.1 Å². The molecule has 1 aromatic rings. The highest BCUT2D eigenvalue weighted by Gasteiger charge is 2.29. The first-order valence-corrected chi connectivity index (χ1v) is 6.00. The van der Waals surface area contributed by atoms with Crippen molar-refractivity contribution in [3.63, 3.8) is 0 Å². The van der Waals surface area contributed by atoms with Crippen LogP contribution in [0.3, 0.4) is 0 Å². The van der Waals surface area contributed by atoms with E-state index >= 15 is 0 Å². The minimum Gasteiger partial charge on any atom is -0.293 e. The molecule has 0 unspecified atom stereocenters. The molecule has 2 heterocycles. The van der Waals surface area contributed by atoms with Crippen LogP contribution in [0.4, 0.5) is 0 Å². The summed E-state index contributed by atoms with van der Waals surface area (Å²) in [4.78, 5) is 2.50. The summed E-state index contributed by atoms with van der Waals surface area (Å²) in [7, 11) is 2.03. The number of nitrogens with zero attached hydrogens (tertiary/aromatic N) is 3. The van der Waals surface area contributed by atoms with Crippen LogP contribution < -0.4 is 0 Å². The van der Waals surface area contributed by atoms with E-state index in [0.29, 0.717) is 6.04 Å². The Morgan fingerprint density at radius 1 is 1.50 bits per heavy atom. The largest absolute Gasteiger partial charge is 0.293 e. The normalized spacial score (nSPS) is 21.6. The molecule has 2 rings (SSSR count). The monoisotopic (exact) mass is 219 g/mol. The lowest BCUT2D eigenvalue weighted by Crippen LogP contribution is -2.24. The van der Waals surface area contributed by atoms with Crippen LogP contribution in [0.25, 0.3) is 0 Å². The van der Waals surface area contributed by atoms with Crippen molar-refractivity contribution in [1.29, 1.82) is 0 Å². The van der Waals surface area contributed by atoms with Gasteiger partial charge in [0, 0.05) is 30.9 Å². The van der Waals surface area contributed by atoms with Gasteiger partial charge in [-0.1, -0.05) is 6.08 Å². The molecule has 1 saturated heterocycles.